The highest BCUT2D eigenvalue weighted by Gasteiger charge is 2.16. The molecule has 0 saturated heterocycles. The predicted molar refractivity (Wildman–Crippen MR) is 53.0 cm³/mol. The van der Waals surface area contributed by atoms with Crippen LogP contribution in [-0.4, -0.2) is 65.9 Å². The Bertz CT molecular complexity index is 254. The Morgan fingerprint density at radius 2 is 1.80 bits per heavy atom. The molecule has 0 spiro atoms. The predicted octanol–water partition coefficient (Wildman–Crippen LogP) is -2.43. The normalized spacial score (nSPS) is 16.3. The Morgan fingerprint density at radius 3 is 2.20 bits per heavy atom. The summed E-state index contributed by atoms with van der Waals surface area (Å²) in [5.41, 5.74) is 0. The van der Waals surface area contributed by atoms with Crippen molar-refractivity contribution < 1.29 is 28.3 Å². The molecule has 0 heterocycles. The number of aliphatic hydroxyl groups is 3. The molecule has 2 unspecified atom stereocenters. The first-order valence-electron chi connectivity index (χ1n) is 4.49. The number of rotatable bonds is 8. The first-order valence-corrected chi connectivity index (χ1v) is 6.10. The van der Waals surface area contributed by atoms with Crippen molar-refractivity contribution in [3.05, 3.63) is 0 Å². The van der Waals surface area contributed by atoms with E-state index in [-0.39, 0.29) is 25.3 Å². The lowest BCUT2D eigenvalue weighted by Gasteiger charge is -2.20. The van der Waals surface area contributed by atoms with Gasteiger partial charge in [-0.05, 0) is 13.0 Å². The lowest BCUT2D eigenvalue weighted by molar-refractivity contribution is 0.0418. The molecule has 2 atom stereocenters. The maximum atomic E-state index is 10.3. The van der Waals surface area contributed by atoms with Crippen molar-refractivity contribution in [2.24, 2.45) is 0 Å². The Morgan fingerprint density at radius 1 is 1.20 bits per heavy atom. The molecule has 0 rings (SSSR count). The third kappa shape index (κ3) is 7.65. The van der Waals surface area contributed by atoms with Gasteiger partial charge in [-0.2, -0.15) is 8.42 Å². The van der Waals surface area contributed by atoms with Gasteiger partial charge in [0, 0.05) is 0 Å². The smallest absolute Gasteiger partial charge is 0.264 e. The van der Waals surface area contributed by atoms with Crippen LogP contribution in [0.5, 0.6) is 0 Å². The topological polar surface area (TPSA) is 127 Å². The van der Waals surface area contributed by atoms with Crippen LogP contribution >= 0.6 is 0 Å². The van der Waals surface area contributed by atoms with E-state index in [0.29, 0.717) is 0 Å². The van der Waals surface area contributed by atoms with Crippen LogP contribution in [0.1, 0.15) is 6.42 Å². The molecule has 0 aromatic carbocycles. The summed E-state index contributed by atoms with van der Waals surface area (Å²) in [4.78, 5) is 0. The van der Waals surface area contributed by atoms with Crippen molar-refractivity contribution in [1.29, 1.82) is 0 Å². The highest BCUT2D eigenvalue weighted by atomic mass is 32.2. The molecule has 0 amide bonds. The summed E-state index contributed by atoms with van der Waals surface area (Å²) in [6.45, 7) is -0.647. The van der Waals surface area contributed by atoms with Crippen molar-refractivity contribution in [2.75, 3.05) is 25.5 Å². The van der Waals surface area contributed by atoms with E-state index in [9.17, 15) is 8.42 Å². The van der Waals surface area contributed by atoms with Gasteiger partial charge in [0.1, 0.15) is 0 Å². The molecular formula is C7H17NO6S. The summed E-state index contributed by atoms with van der Waals surface area (Å²) in [5.74, 6) is -0.382. The highest BCUT2D eigenvalue weighted by molar-refractivity contribution is 7.85. The summed E-state index contributed by atoms with van der Waals surface area (Å²) < 4.78 is 29.1. The zero-order chi connectivity index (χ0) is 11.9. The lowest BCUT2D eigenvalue weighted by atomic mass is 10.2. The molecule has 15 heavy (non-hydrogen) atoms. The zero-order valence-electron chi connectivity index (χ0n) is 8.20. The van der Waals surface area contributed by atoms with Gasteiger partial charge in [0.2, 0.25) is 0 Å². The van der Waals surface area contributed by atoms with Crippen LogP contribution in [-0.2, 0) is 10.1 Å². The molecule has 5 N–H and O–H groups in total. The second kappa shape index (κ2) is 7.09. The molecule has 0 aliphatic heterocycles. The van der Waals surface area contributed by atoms with Crippen LogP contribution in [0.15, 0.2) is 0 Å². The van der Waals surface area contributed by atoms with E-state index < -0.39 is 28.9 Å². The summed E-state index contributed by atoms with van der Waals surface area (Å²) in [6.07, 6.45) is -0.936. The summed E-state index contributed by atoms with van der Waals surface area (Å²) in [7, 11) is -3.97. The Labute approximate surface area is 88.5 Å². The highest BCUT2D eigenvalue weighted by Crippen LogP contribution is 1.93. The molecule has 0 fully saturated rings. The molecule has 0 radical (unpaired) electrons. The number of hydrogen-bond acceptors (Lipinski definition) is 6. The van der Waals surface area contributed by atoms with Crippen LogP contribution in [0.3, 0.4) is 0 Å². The third-order valence-electron chi connectivity index (χ3n) is 1.83. The Kier molecular flexibility index (Phi) is 6.98. The van der Waals surface area contributed by atoms with Crippen molar-refractivity contribution in [3.8, 4) is 0 Å². The summed E-state index contributed by atoms with van der Waals surface area (Å²) >= 11 is 0. The fourth-order valence-electron chi connectivity index (χ4n) is 0.992. The van der Waals surface area contributed by atoms with Crippen LogP contribution in [0.25, 0.3) is 0 Å². The minimum atomic E-state index is -3.97. The average molecular weight is 243 g/mol. The number of nitrogens with one attached hydrogen (secondary N) is 1. The molecule has 0 aromatic heterocycles. The van der Waals surface area contributed by atoms with E-state index in [4.69, 9.17) is 19.9 Å². The van der Waals surface area contributed by atoms with Crippen molar-refractivity contribution in [2.45, 2.75) is 18.6 Å². The first kappa shape index (κ1) is 14.8. The molecular weight excluding hydrogens is 226 g/mol. The van der Waals surface area contributed by atoms with Gasteiger partial charge in [-0.3, -0.25) is 4.55 Å². The maximum absolute atomic E-state index is 10.3. The van der Waals surface area contributed by atoms with Crippen LogP contribution in [0.4, 0.5) is 0 Å². The zero-order valence-corrected chi connectivity index (χ0v) is 9.02. The Hall–Kier alpha value is -0.250. The third-order valence-corrected chi connectivity index (χ3v) is 2.64. The quantitative estimate of drug-likeness (QED) is 0.237. The van der Waals surface area contributed by atoms with Gasteiger partial charge in [0.15, 0.2) is 0 Å². The van der Waals surface area contributed by atoms with Gasteiger partial charge in [-0.15, -0.1) is 0 Å². The van der Waals surface area contributed by atoms with E-state index in [1.165, 1.54) is 0 Å². The largest absolute Gasteiger partial charge is 0.395 e. The van der Waals surface area contributed by atoms with Gasteiger partial charge in [0.05, 0.1) is 31.1 Å². The molecule has 0 aliphatic rings. The van der Waals surface area contributed by atoms with Gasteiger partial charge >= 0.3 is 0 Å². The molecule has 0 aromatic rings. The van der Waals surface area contributed by atoms with E-state index >= 15 is 0 Å². The van der Waals surface area contributed by atoms with Gasteiger partial charge in [-0.1, -0.05) is 0 Å². The van der Waals surface area contributed by atoms with E-state index in [1.54, 1.807) is 0 Å². The molecule has 0 bridgehead atoms. The van der Waals surface area contributed by atoms with Crippen LogP contribution < -0.4 is 5.32 Å². The standard InChI is InChI=1S/C7H17NO6S/c9-4-6(7(11)5-10)8-2-1-3-15(12,13)14/h6-11H,1-5H2,(H,12,13,14). The molecule has 92 valence electrons. The fourth-order valence-corrected chi connectivity index (χ4v) is 1.50. The molecule has 0 aliphatic carbocycles. The van der Waals surface area contributed by atoms with Gasteiger partial charge in [0.25, 0.3) is 10.1 Å². The summed E-state index contributed by atoms with van der Waals surface area (Å²) in [6, 6.07) is -0.698. The lowest BCUT2D eigenvalue weighted by Crippen LogP contribution is -2.45. The van der Waals surface area contributed by atoms with E-state index in [2.05, 4.69) is 5.32 Å². The van der Waals surface area contributed by atoms with Gasteiger partial charge in [-0.25, -0.2) is 0 Å². The van der Waals surface area contributed by atoms with Crippen molar-refractivity contribution in [1.82, 2.24) is 5.32 Å². The van der Waals surface area contributed by atoms with Crippen molar-refractivity contribution in [3.63, 3.8) is 0 Å². The number of aliphatic hydroxyl groups excluding tert-OH is 3. The van der Waals surface area contributed by atoms with Gasteiger partial charge < -0.3 is 20.6 Å². The Balaban J connectivity index is 3.73. The molecule has 7 nitrogen and oxygen atoms in total. The second-order valence-corrected chi connectivity index (χ2v) is 4.70. The molecule has 8 heteroatoms. The maximum Gasteiger partial charge on any atom is 0.264 e. The van der Waals surface area contributed by atoms with E-state index in [0.717, 1.165) is 0 Å². The number of hydrogen-bond donors (Lipinski definition) is 5. The first-order chi connectivity index (χ1) is 6.90. The monoisotopic (exact) mass is 243 g/mol. The van der Waals surface area contributed by atoms with Crippen molar-refractivity contribution >= 4 is 10.1 Å². The second-order valence-electron chi connectivity index (χ2n) is 3.13. The van der Waals surface area contributed by atoms with E-state index in [1.807, 2.05) is 0 Å². The minimum absolute atomic E-state index is 0.160. The van der Waals surface area contributed by atoms with Crippen LogP contribution in [0.2, 0.25) is 0 Å². The molecule has 0 saturated carbocycles. The summed E-state index contributed by atoms with van der Waals surface area (Å²) in [5, 5.41) is 29.2. The SMILES string of the molecule is O=S(=O)(O)CCCNC(CO)C(O)CO. The fraction of sp³-hybridized carbons (Fsp3) is 1.00. The average Bonchev–Trinajstić information content (AvgIpc) is 2.15. The minimum Gasteiger partial charge on any atom is -0.395 e. The van der Waals surface area contributed by atoms with Crippen LogP contribution in [0, 0.1) is 0 Å².